The van der Waals surface area contributed by atoms with E-state index in [0.29, 0.717) is 28.5 Å². The molecule has 45 heavy (non-hydrogen) atoms. The summed E-state index contributed by atoms with van der Waals surface area (Å²) < 4.78 is 59.8. The van der Waals surface area contributed by atoms with Crippen molar-refractivity contribution >= 4 is 17.8 Å². The summed E-state index contributed by atoms with van der Waals surface area (Å²) in [4.78, 5) is 36.8. The van der Waals surface area contributed by atoms with Crippen LogP contribution >= 0.6 is 0 Å². The van der Waals surface area contributed by atoms with Crippen LogP contribution in [0.3, 0.4) is 0 Å². The fraction of sp³-hybridized carbons (Fsp3) is 0.400. The van der Waals surface area contributed by atoms with E-state index in [1.807, 2.05) is 18.4 Å². The van der Waals surface area contributed by atoms with E-state index in [1.165, 1.54) is 11.0 Å². The van der Waals surface area contributed by atoms with Crippen LogP contribution in [0.4, 0.5) is 28.2 Å². The Balaban J connectivity index is 1.33. The van der Waals surface area contributed by atoms with E-state index in [9.17, 15) is 22.8 Å². The zero-order valence-corrected chi connectivity index (χ0v) is 25.0. The van der Waals surface area contributed by atoms with Gasteiger partial charge < -0.3 is 24.7 Å². The number of carbonyl (C=O) groups is 2. The number of hydrogen-bond donors (Lipinski definition) is 2. The Kier molecular flexibility index (Phi) is 7.36. The van der Waals surface area contributed by atoms with Gasteiger partial charge in [0.2, 0.25) is 0 Å². The van der Waals surface area contributed by atoms with E-state index in [4.69, 9.17) is 0 Å². The second-order valence-electron chi connectivity index (χ2n) is 12.1. The zero-order chi connectivity index (χ0) is 32.3. The smallest absolute Gasteiger partial charge is 0.324 e. The first-order chi connectivity index (χ1) is 21.2. The number of amides is 3. The molecular weight excluding hydrogens is 594 g/mol. The van der Waals surface area contributed by atoms with Gasteiger partial charge in [-0.2, -0.15) is 13.2 Å². The highest BCUT2D eigenvalue weighted by atomic mass is 19.4. The van der Waals surface area contributed by atoms with Crippen LogP contribution in [-0.2, 0) is 13.1 Å². The Labute approximate surface area is 255 Å². The lowest BCUT2D eigenvalue weighted by atomic mass is 10.1. The second kappa shape index (κ2) is 11.0. The summed E-state index contributed by atoms with van der Waals surface area (Å²) in [6.45, 7) is 5.44. The number of benzene rings is 1. The average molecular weight is 626 g/mol. The molecular formula is C30H31F4N9O2. The van der Waals surface area contributed by atoms with Crippen LogP contribution in [0, 0.1) is 5.82 Å². The number of hydrogen-bond acceptors (Lipinski definition) is 6. The van der Waals surface area contributed by atoms with Crippen molar-refractivity contribution in [2.75, 3.05) is 5.32 Å². The van der Waals surface area contributed by atoms with Gasteiger partial charge in [0.15, 0.2) is 5.82 Å². The topological polar surface area (TPSA) is 123 Å². The molecule has 1 aliphatic carbocycles. The van der Waals surface area contributed by atoms with E-state index in [-0.39, 0.29) is 36.4 Å². The SMILES string of the molecule is CC(C)n1cnnc1-c1cccc(NC(=O)c2cc3c(cc2F)CN(C(=O)NC(C)(C)C(F)(F)F)Cc2c(C4CC4)ncn2-3)n1. The van der Waals surface area contributed by atoms with Crippen molar-refractivity contribution in [1.29, 1.82) is 0 Å². The van der Waals surface area contributed by atoms with Crippen molar-refractivity contribution in [3.63, 3.8) is 0 Å². The fourth-order valence-corrected chi connectivity index (χ4v) is 5.20. The Morgan fingerprint density at radius 1 is 1.07 bits per heavy atom. The standard InChI is InChI=1S/C30H31F4N9O2/c1-16(2)42-15-36-40-26(42)21-6-5-7-24(37-21)38-27(44)19-11-22-18(10-20(19)31)12-41(28(45)39-29(3,4)30(32,33)34)13-23-25(17-8-9-17)35-14-43(22)23/h5-7,10-11,14-17H,8-9,12-13H2,1-4H3,(H,39,45)(H,37,38,44). The van der Waals surface area contributed by atoms with Crippen molar-refractivity contribution in [2.45, 2.75) is 77.3 Å². The summed E-state index contributed by atoms with van der Waals surface area (Å²) in [5.41, 5.74) is -0.302. The van der Waals surface area contributed by atoms with Gasteiger partial charge in [0, 0.05) is 18.5 Å². The molecule has 2 aliphatic rings. The van der Waals surface area contributed by atoms with Gasteiger partial charge in [0.25, 0.3) is 5.91 Å². The normalized spacial score (nSPS) is 15.0. The first-order valence-electron chi connectivity index (χ1n) is 14.4. The monoisotopic (exact) mass is 625 g/mol. The molecule has 0 radical (unpaired) electrons. The lowest BCUT2D eigenvalue weighted by Crippen LogP contribution is -2.57. The Hall–Kier alpha value is -4.82. The number of alkyl halides is 3. The van der Waals surface area contributed by atoms with E-state index in [1.54, 1.807) is 35.4 Å². The zero-order valence-electron chi connectivity index (χ0n) is 25.0. The number of fused-ring (bicyclic) bond motifs is 3. The van der Waals surface area contributed by atoms with Gasteiger partial charge >= 0.3 is 12.2 Å². The van der Waals surface area contributed by atoms with Gasteiger partial charge in [0.05, 0.1) is 35.5 Å². The third kappa shape index (κ3) is 5.73. The predicted octanol–water partition coefficient (Wildman–Crippen LogP) is 5.74. The quantitative estimate of drug-likeness (QED) is 0.264. The second-order valence-corrected chi connectivity index (χ2v) is 12.1. The minimum Gasteiger partial charge on any atom is -0.324 e. The largest absolute Gasteiger partial charge is 0.411 e. The molecule has 3 amide bonds. The van der Waals surface area contributed by atoms with Crippen LogP contribution in [0.1, 0.15) is 79.8 Å². The third-order valence-electron chi connectivity index (χ3n) is 8.00. The molecule has 0 bridgehead atoms. The molecule has 6 rings (SSSR count). The van der Waals surface area contributed by atoms with Crippen LogP contribution in [-0.4, -0.2) is 57.9 Å². The number of carbonyl (C=O) groups excluding carboxylic acids is 2. The Bertz CT molecular complexity index is 1790. The molecule has 3 aromatic heterocycles. The summed E-state index contributed by atoms with van der Waals surface area (Å²) in [7, 11) is 0. The fourth-order valence-electron chi connectivity index (χ4n) is 5.20. The first-order valence-corrected chi connectivity index (χ1v) is 14.4. The van der Waals surface area contributed by atoms with Gasteiger partial charge in [0.1, 0.15) is 29.2 Å². The Morgan fingerprint density at radius 2 is 1.82 bits per heavy atom. The maximum absolute atomic E-state index is 15.6. The number of aromatic nitrogens is 6. The number of nitrogens with zero attached hydrogens (tertiary/aromatic N) is 7. The highest BCUT2D eigenvalue weighted by Gasteiger charge is 2.49. The summed E-state index contributed by atoms with van der Waals surface area (Å²) in [6.07, 6.45) is 0.209. The number of nitrogens with one attached hydrogen (secondary N) is 2. The molecule has 0 atom stereocenters. The van der Waals surface area contributed by atoms with Crippen LogP contribution < -0.4 is 10.6 Å². The lowest BCUT2D eigenvalue weighted by Gasteiger charge is -2.32. The minimum atomic E-state index is -4.69. The molecule has 236 valence electrons. The molecule has 15 heteroatoms. The molecule has 2 N–H and O–H groups in total. The molecule has 1 aliphatic heterocycles. The minimum absolute atomic E-state index is 0.0544. The van der Waals surface area contributed by atoms with E-state index < -0.39 is 29.5 Å². The number of anilines is 1. The van der Waals surface area contributed by atoms with Crippen molar-refractivity contribution in [2.24, 2.45) is 0 Å². The van der Waals surface area contributed by atoms with Crippen molar-refractivity contribution in [3.05, 3.63) is 71.3 Å². The summed E-state index contributed by atoms with van der Waals surface area (Å²) in [5.74, 6) is -0.810. The van der Waals surface area contributed by atoms with Crippen LogP contribution in [0.2, 0.25) is 0 Å². The molecule has 1 fully saturated rings. The summed E-state index contributed by atoms with van der Waals surface area (Å²) >= 11 is 0. The summed E-state index contributed by atoms with van der Waals surface area (Å²) in [6, 6.07) is 6.56. The molecule has 1 saturated carbocycles. The lowest BCUT2D eigenvalue weighted by molar-refractivity contribution is -0.182. The predicted molar refractivity (Wildman–Crippen MR) is 155 cm³/mol. The van der Waals surface area contributed by atoms with Gasteiger partial charge in [-0.25, -0.2) is 19.2 Å². The van der Waals surface area contributed by atoms with Crippen LogP contribution in [0.15, 0.2) is 43.0 Å². The molecule has 11 nitrogen and oxygen atoms in total. The molecule has 4 heterocycles. The Morgan fingerprint density at radius 3 is 2.51 bits per heavy atom. The number of urea groups is 1. The van der Waals surface area contributed by atoms with E-state index in [2.05, 4.69) is 30.8 Å². The van der Waals surface area contributed by atoms with Crippen molar-refractivity contribution in [1.82, 2.24) is 39.5 Å². The van der Waals surface area contributed by atoms with Crippen molar-refractivity contribution in [3.8, 4) is 17.2 Å². The van der Waals surface area contributed by atoms with Gasteiger partial charge in [-0.15, -0.1) is 10.2 Å². The van der Waals surface area contributed by atoms with Crippen molar-refractivity contribution < 1.29 is 27.2 Å². The molecule has 4 aromatic rings. The van der Waals surface area contributed by atoms with Gasteiger partial charge in [-0.3, -0.25) is 4.79 Å². The molecule has 0 saturated heterocycles. The van der Waals surface area contributed by atoms with Gasteiger partial charge in [-0.1, -0.05) is 6.07 Å². The van der Waals surface area contributed by atoms with Crippen LogP contribution in [0.5, 0.6) is 0 Å². The van der Waals surface area contributed by atoms with Crippen LogP contribution in [0.25, 0.3) is 17.2 Å². The highest BCUT2D eigenvalue weighted by Crippen LogP contribution is 2.43. The number of rotatable bonds is 6. The first kappa shape index (κ1) is 30.2. The number of pyridine rings is 1. The maximum Gasteiger partial charge on any atom is 0.411 e. The maximum atomic E-state index is 15.6. The molecule has 0 spiro atoms. The molecule has 1 aromatic carbocycles. The third-order valence-corrected chi connectivity index (χ3v) is 8.00. The number of halogens is 4. The average Bonchev–Trinajstić information content (AvgIpc) is 3.57. The summed E-state index contributed by atoms with van der Waals surface area (Å²) in [5, 5.41) is 12.8. The molecule has 0 unspecified atom stereocenters. The van der Waals surface area contributed by atoms with E-state index in [0.717, 1.165) is 38.4 Å². The number of imidazole rings is 1. The highest BCUT2D eigenvalue weighted by molar-refractivity contribution is 6.04. The van der Waals surface area contributed by atoms with Gasteiger partial charge in [-0.05, 0) is 70.4 Å². The van der Waals surface area contributed by atoms with E-state index >= 15 is 4.39 Å².